The van der Waals surface area contributed by atoms with Crippen LogP contribution < -0.4 is 19.3 Å². The third-order valence-corrected chi connectivity index (χ3v) is 5.34. The second kappa shape index (κ2) is 8.39. The van der Waals surface area contributed by atoms with Crippen LogP contribution in [0.3, 0.4) is 0 Å². The van der Waals surface area contributed by atoms with Crippen LogP contribution in [0.4, 0.5) is 17.3 Å². The molecule has 29 heavy (non-hydrogen) atoms. The highest BCUT2D eigenvalue weighted by Gasteiger charge is 2.21. The van der Waals surface area contributed by atoms with Crippen LogP contribution in [0.5, 0.6) is 11.5 Å². The largest absolute Gasteiger partial charge is 0.493 e. The van der Waals surface area contributed by atoms with Gasteiger partial charge in [0.05, 0.1) is 14.2 Å². The van der Waals surface area contributed by atoms with Crippen molar-refractivity contribution in [2.24, 2.45) is 0 Å². The second-order valence-corrected chi connectivity index (χ2v) is 6.96. The number of nitrogens with zero attached hydrogens (tertiary/aromatic N) is 4. The van der Waals surface area contributed by atoms with Crippen LogP contribution in [-0.2, 0) is 13.0 Å². The molecule has 3 aromatic rings. The highest BCUT2D eigenvalue weighted by molar-refractivity contribution is 5.63. The SMILES string of the molecule is CCN(c1ccccc1)c1cc(N2CCc3cc(OC)c(OC)cc3C2)ncn1. The van der Waals surface area contributed by atoms with E-state index in [0.717, 1.165) is 54.9 Å². The normalized spacial score (nSPS) is 13.0. The summed E-state index contributed by atoms with van der Waals surface area (Å²) in [5, 5.41) is 0. The Hall–Kier alpha value is -3.28. The Balaban J connectivity index is 1.61. The molecular formula is C23H26N4O2. The van der Waals surface area contributed by atoms with E-state index in [4.69, 9.17) is 9.47 Å². The zero-order valence-electron chi connectivity index (χ0n) is 17.1. The molecule has 0 fully saturated rings. The molecule has 0 amide bonds. The maximum Gasteiger partial charge on any atom is 0.161 e. The molecule has 4 rings (SSSR count). The van der Waals surface area contributed by atoms with Crippen molar-refractivity contribution in [3.8, 4) is 11.5 Å². The Morgan fingerprint density at radius 2 is 1.69 bits per heavy atom. The van der Waals surface area contributed by atoms with Crippen molar-refractivity contribution < 1.29 is 9.47 Å². The zero-order chi connectivity index (χ0) is 20.2. The average molecular weight is 390 g/mol. The van der Waals surface area contributed by atoms with Crippen LogP contribution in [0, 0.1) is 0 Å². The first-order valence-corrected chi connectivity index (χ1v) is 9.86. The van der Waals surface area contributed by atoms with E-state index in [1.807, 2.05) is 18.2 Å². The van der Waals surface area contributed by atoms with Crippen LogP contribution in [-0.4, -0.2) is 37.3 Å². The maximum atomic E-state index is 5.48. The number of hydrogen-bond acceptors (Lipinski definition) is 6. The molecule has 0 radical (unpaired) electrons. The monoisotopic (exact) mass is 390 g/mol. The molecule has 0 aliphatic carbocycles. The highest BCUT2D eigenvalue weighted by Crippen LogP contribution is 2.34. The van der Waals surface area contributed by atoms with E-state index in [0.29, 0.717) is 0 Å². The van der Waals surface area contributed by atoms with Crippen molar-refractivity contribution in [2.45, 2.75) is 19.9 Å². The molecule has 0 spiro atoms. The topological polar surface area (TPSA) is 50.7 Å². The minimum Gasteiger partial charge on any atom is -0.493 e. The molecule has 6 heteroatoms. The fraction of sp³-hybridized carbons (Fsp3) is 0.304. The molecule has 150 valence electrons. The van der Waals surface area contributed by atoms with Crippen LogP contribution in [0.1, 0.15) is 18.1 Å². The molecular weight excluding hydrogens is 364 g/mol. The van der Waals surface area contributed by atoms with Crippen LogP contribution >= 0.6 is 0 Å². The number of hydrogen-bond donors (Lipinski definition) is 0. The number of methoxy groups -OCH3 is 2. The number of para-hydroxylation sites is 1. The zero-order valence-corrected chi connectivity index (χ0v) is 17.1. The summed E-state index contributed by atoms with van der Waals surface area (Å²) in [7, 11) is 3.35. The first-order valence-electron chi connectivity index (χ1n) is 9.86. The summed E-state index contributed by atoms with van der Waals surface area (Å²) < 4.78 is 10.9. The van der Waals surface area contributed by atoms with Crippen molar-refractivity contribution >= 4 is 17.3 Å². The number of rotatable bonds is 6. The van der Waals surface area contributed by atoms with Gasteiger partial charge in [0.15, 0.2) is 11.5 Å². The Morgan fingerprint density at radius 1 is 0.966 bits per heavy atom. The summed E-state index contributed by atoms with van der Waals surface area (Å²) in [5.74, 6) is 3.38. The van der Waals surface area contributed by atoms with E-state index in [1.54, 1.807) is 20.5 Å². The van der Waals surface area contributed by atoms with E-state index < -0.39 is 0 Å². The molecule has 0 N–H and O–H groups in total. The summed E-state index contributed by atoms with van der Waals surface area (Å²) in [6, 6.07) is 16.5. The average Bonchev–Trinajstić information content (AvgIpc) is 2.79. The van der Waals surface area contributed by atoms with Crippen molar-refractivity contribution in [1.82, 2.24) is 9.97 Å². The minimum absolute atomic E-state index is 0.762. The Kier molecular flexibility index (Phi) is 5.51. The van der Waals surface area contributed by atoms with E-state index in [-0.39, 0.29) is 0 Å². The number of fused-ring (bicyclic) bond motifs is 1. The maximum absolute atomic E-state index is 5.48. The third kappa shape index (κ3) is 3.83. The van der Waals surface area contributed by atoms with Crippen LogP contribution in [0.25, 0.3) is 0 Å². The van der Waals surface area contributed by atoms with Gasteiger partial charge >= 0.3 is 0 Å². The highest BCUT2D eigenvalue weighted by atomic mass is 16.5. The van der Waals surface area contributed by atoms with Gasteiger partial charge in [-0.25, -0.2) is 9.97 Å². The first-order chi connectivity index (χ1) is 14.2. The van der Waals surface area contributed by atoms with E-state index in [9.17, 15) is 0 Å². The van der Waals surface area contributed by atoms with Crippen molar-refractivity contribution in [2.75, 3.05) is 37.1 Å². The van der Waals surface area contributed by atoms with E-state index in [2.05, 4.69) is 57.0 Å². The summed E-state index contributed by atoms with van der Waals surface area (Å²) in [6.07, 6.45) is 2.59. The minimum atomic E-state index is 0.762. The standard InChI is InChI=1S/C23H26N4O2/c1-4-27(19-8-6-5-7-9-19)23-14-22(24-16-25-23)26-11-10-17-12-20(28-2)21(29-3)13-18(17)15-26/h5-9,12-14,16H,4,10-11,15H2,1-3H3. The number of anilines is 3. The fourth-order valence-electron chi connectivity index (χ4n) is 3.82. The quantitative estimate of drug-likeness (QED) is 0.628. The lowest BCUT2D eigenvalue weighted by atomic mass is 9.99. The lowest BCUT2D eigenvalue weighted by Gasteiger charge is -2.31. The Labute approximate surface area is 171 Å². The smallest absolute Gasteiger partial charge is 0.161 e. The molecule has 0 saturated heterocycles. The van der Waals surface area contributed by atoms with Crippen molar-refractivity contribution in [1.29, 1.82) is 0 Å². The van der Waals surface area contributed by atoms with E-state index in [1.165, 1.54) is 11.1 Å². The van der Waals surface area contributed by atoms with Crippen molar-refractivity contribution in [3.63, 3.8) is 0 Å². The van der Waals surface area contributed by atoms with Crippen LogP contribution in [0.15, 0.2) is 54.9 Å². The Morgan fingerprint density at radius 3 is 2.38 bits per heavy atom. The van der Waals surface area contributed by atoms with Gasteiger partial charge in [0.2, 0.25) is 0 Å². The van der Waals surface area contributed by atoms with E-state index >= 15 is 0 Å². The third-order valence-electron chi connectivity index (χ3n) is 5.34. The number of ether oxygens (including phenoxy) is 2. The van der Waals surface area contributed by atoms with Crippen LogP contribution in [0.2, 0.25) is 0 Å². The summed E-state index contributed by atoms with van der Waals surface area (Å²) in [5.41, 5.74) is 3.66. The molecule has 0 unspecified atom stereocenters. The van der Waals surface area contributed by atoms with Gasteiger partial charge in [-0.05, 0) is 48.7 Å². The van der Waals surface area contributed by atoms with Gasteiger partial charge in [0.1, 0.15) is 18.0 Å². The molecule has 0 bridgehead atoms. The van der Waals surface area contributed by atoms with Gasteiger partial charge in [-0.3, -0.25) is 0 Å². The Bertz CT molecular complexity index is 978. The van der Waals surface area contributed by atoms with Gasteiger partial charge in [0.25, 0.3) is 0 Å². The fourth-order valence-corrected chi connectivity index (χ4v) is 3.82. The number of aromatic nitrogens is 2. The van der Waals surface area contributed by atoms with Gasteiger partial charge in [0, 0.05) is 31.4 Å². The first kappa shape index (κ1) is 19.1. The second-order valence-electron chi connectivity index (χ2n) is 6.96. The lowest BCUT2D eigenvalue weighted by Crippen LogP contribution is -2.31. The molecule has 2 aromatic carbocycles. The molecule has 2 heterocycles. The lowest BCUT2D eigenvalue weighted by molar-refractivity contribution is 0.353. The van der Waals surface area contributed by atoms with Gasteiger partial charge < -0.3 is 19.3 Å². The molecule has 0 atom stereocenters. The van der Waals surface area contributed by atoms with Gasteiger partial charge in [-0.1, -0.05) is 18.2 Å². The molecule has 1 aliphatic heterocycles. The summed E-state index contributed by atoms with van der Waals surface area (Å²) >= 11 is 0. The predicted octanol–water partition coefficient (Wildman–Crippen LogP) is 4.21. The predicted molar refractivity (Wildman–Crippen MR) is 115 cm³/mol. The molecule has 6 nitrogen and oxygen atoms in total. The van der Waals surface area contributed by atoms with Gasteiger partial charge in [-0.2, -0.15) is 0 Å². The van der Waals surface area contributed by atoms with Crippen molar-refractivity contribution in [3.05, 3.63) is 66.0 Å². The summed E-state index contributed by atoms with van der Waals surface area (Å²) in [6.45, 7) is 4.64. The molecule has 1 aliphatic rings. The van der Waals surface area contributed by atoms with Gasteiger partial charge in [-0.15, -0.1) is 0 Å². The number of benzene rings is 2. The summed E-state index contributed by atoms with van der Waals surface area (Å²) in [4.78, 5) is 13.6. The molecule has 1 aromatic heterocycles. The molecule has 0 saturated carbocycles.